The predicted molar refractivity (Wildman–Crippen MR) is 164 cm³/mol. The summed E-state index contributed by atoms with van der Waals surface area (Å²) in [5, 5.41) is 5.58. The van der Waals surface area contributed by atoms with Gasteiger partial charge in [0.2, 0.25) is 0 Å². The Balaban J connectivity index is 1.25. The molecule has 232 valence electrons. The van der Waals surface area contributed by atoms with E-state index >= 15 is 0 Å². The number of aromatic amines is 2. The average Bonchev–Trinajstić information content (AvgIpc) is 3.60. The fourth-order valence-electron chi connectivity index (χ4n) is 4.43. The summed E-state index contributed by atoms with van der Waals surface area (Å²) in [6.07, 6.45) is 2.39. The molecule has 12 heteroatoms. The highest BCUT2D eigenvalue weighted by atomic mass is 16.6. The Kier molecular flexibility index (Phi) is 8.02. The number of benzene rings is 2. The van der Waals surface area contributed by atoms with Crippen LogP contribution in [0.2, 0.25) is 0 Å². The Morgan fingerprint density at radius 2 is 1.07 bits per heavy atom. The maximum Gasteiger partial charge on any atom is 0.408 e. The summed E-state index contributed by atoms with van der Waals surface area (Å²) in [6.45, 7) is 14.5. The lowest BCUT2D eigenvalue weighted by Crippen LogP contribution is -2.34. The number of imidazole rings is 2. The minimum absolute atomic E-state index is 0.382. The molecule has 1 aliphatic heterocycles. The van der Waals surface area contributed by atoms with Gasteiger partial charge < -0.3 is 39.5 Å². The number of ether oxygens (including phenoxy) is 4. The molecule has 4 N–H and O–H groups in total. The van der Waals surface area contributed by atoms with Gasteiger partial charge in [0, 0.05) is 11.1 Å². The van der Waals surface area contributed by atoms with E-state index in [4.69, 9.17) is 18.9 Å². The van der Waals surface area contributed by atoms with E-state index in [-0.39, 0.29) is 12.1 Å². The average molecular weight is 603 g/mol. The van der Waals surface area contributed by atoms with E-state index in [1.165, 1.54) is 0 Å². The molecule has 0 aliphatic carbocycles. The van der Waals surface area contributed by atoms with Gasteiger partial charge in [-0.3, -0.25) is 0 Å². The number of carbonyl (C=O) groups is 2. The third-order valence-electron chi connectivity index (χ3n) is 6.43. The summed E-state index contributed by atoms with van der Waals surface area (Å²) < 4.78 is 23.1. The standard InChI is InChI=1S/C32H38N6O6/c1-17(35-29(39)43-31(3,4)5)27-33-15-21(37-27)19-9-11-23-25(13-19)41-24-12-10-20(14-26(24)42-23)22-16-34-28(38-22)18(2)36-30(40)44-32(6,7)8/h9-18H,1-8H3,(H,33,37)(H,34,38)(H,35,39)(H,36,40)/t17-,18-/m0/s1. The number of carbonyl (C=O) groups excluding carboxylic acids is 2. The molecule has 0 fully saturated rings. The lowest BCUT2D eigenvalue weighted by molar-refractivity contribution is 0.0494. The zero-order valence-electron chi connectivity index (χ0n) is 26.1. The molecule has 0 radical (unpaired) electrons. The summed E-state index contributed by atoms with van der Waals surface area (Å²) >= 11 is 0. The molecule has 4 aromatic rings. The molecule has 2 atom stereocenters. The summed E-state index contributed by atoms with van der Waals surface area (Å²) in [5.41, 5.74) is 2.02. The molecule has 12 nitrogen and oxygen atoms in total. The van der Waals surface area contributed by atoms with Crippen molar-refractivity contribution in [1.82, 2.24) is 30.6 Å². The molecule has 0 saturated heterocycles. The van der Waals surface area contributed by atoms with Crippen molar-refractivity contribution in [3.63, 3.8) is 0 Å². The van der Waals surface area contributed by atoms with E-state index in [1.54, 1.807) is 12.4 Å². The first-order valence-corrected chi connectivity index (χ1v) is 14.4. The quantitative estimate of drug-likeness (QED) is 0.156. The zero-order valence-corrected chi connectivity index (χ0v) is 26.1. The number of hydrogen-bond donors (Lipinski definition) is 4. The van der Waals surface area contributed by atoms with Gasteiger partial charge in [-0.15, -0.1) is 0 Å². The van der Waals surface area contributed by atoms with E-state index in [1.807, 2.05) is 91.8 Å². The van der Waals surface area contributed by atoms with Gasteiger partial charge in [0.25, 0.3) is 0 Å². The third kappa shape index (κ3) is 7.31. The van der Waals surface area contributed by atoms with E-state index in [2.05, 4.69) is 30.6 Å². The highest BCUT2D eigenvalue weighted by Gasteiger charge is 2.24. The second-order valence-corrected chi connectivity index (χ2v) is 12.6. The van der Waals surface area contributed by atoms with Gasteiger partial charge in [-0.05, 0) is 91.8 Å². The maximum absolute atomic E-state index is 12.2. The van der Waals surface area contributed by atoms with Crippen molar-refractivity contribution in [3.8, 4) is 45.5 Å². The van der Waals surface area contributed by atoms with Crippen LogP contribution in [0.25, 0.3) is 22.5 Å². The van der Waals surface area contributed by atoms with Crippen LogP contribution >= 0.6 is 0 Å². The molecule has 0 saturated carbocycles. The normalized spacial score (nSPS) is 13.8. The van der Waals surface area contributed by atoms with Crippen LogP contribution in [0.15, 0.2) is 48.8 Å². The summed E-state index contributed by atoms with van der Waals surface area (Å²) in [7, 11) is 0. The van der Waals surface area contributed by atoms with Crippen LogP contribution in [0.5, 0.6) is 23.0 Å². The zero-order chi connectivity index (χ0) is 31.8. The minimum Gasteiger partial charge on any atom is -0.449 e. The minimum atomic E-state index is -0.590. The first-order chi connectivity index (χ1) is 20.6. The molecule has 0 spiro atoms. The molecule has 1 aliphatic rings. The predicted octanol–water partition coefficient (Wildman–Crippen LogP) is 7.54. The summed E-state index contributed by atoms with van der Waals surface area (Å²) in [6, 6.07) is 10.5. The van der Waals surface area contributed by atoms with Crippen molar-refractivity contribution in [3.05, 3.63) is 60.4 Å². The lowest BCUT2D eigenvalue weighted by Gasteiger charge is -2.22. The van der Waals surface area contributed by atoms with E-state index < -0.39 is 23.4 Å². The first kappa shape index (κ1) is 30.5. The number of aromatic nitrogens is 4. The van der Waals surface area contributed by atoms with Crippen molar-refractivity contribution in [2.45, 2.75) is 78.7 Å². The first-order valence-electron chi connectivity index (χ1n) is 14.4. The Hall–Kier alpha value is -5.00. The van der Waals surface area contributed by atoms with Gasteiger partial charge in [-0.2, -0.15) is 0 Å². The Labute approximate surface area is 255 Å². The molecule has 2 aromatic carbocycles. The van der Waals surface area contributed by atoms with E-state index in [9.17, 15) is 9.59 Å². The van der Waals surface area contributed by atoms with Crippen molar-refractivity contribution in [2.24, 2.45) is 0 Å². The third-order valence-corrected chi connectivity index (χ3v) is 6.43. The molecular weight excluding hydrogens is 564 g/mol. The monoisotopic (exact) mass is 602 g/mol. The second-order valence-electron chi connectivity index (χ2n) is 12.6. The van der Waals surface area contributed by atoms with Gasteiger partial charge in [0.05, 0.1) is 35.9 Å². The fraction of sp³-hybridized carbons (Fsp3) is 0.375. The van der Waals surface area contributed by atoms with Gasteiger partial charge in [-0.1, -0.05) is 0 Å². The summed E-state index contributed by atoms with van der Waals surface area (Å²) in [4.78, 5) is 39.7. The number of amides is 2. The van der Waals surface area contributed by atoms with Crippen molar-refractivity contribution >= 4 is 12.2 Å². The Bertz CT molecular complexity index is 1560. The Morgan fingerprint density at radius 3 is 1.43 bits per heavy atom. The number of fused-ring (bicyclic) bond motifs is 2. The molecule has 44 heavy (non-hydrogen) atoms. The van der Waals surface area contributed by atoms with Crippen molar-refractivity contribution in [2.75, 3.05) is 0 Å². The van der Waals surface area contributed by atoms with Crippen molar-refractivity contribution < 1.29 is 28.5 Å². The van der Waals surface area contributed by atoms with Crippen LogP contribution in [0.3, 0.4) is 0 Å². The van der Waals surface area contributed by atoms with E-state index in [0.29, 0.717) is 34.6 Å². The number of hydrogen-bond acceptors (Lipinski definition) is 8. The maximum atomic E-state index is 12.2. The van der Waals surface area contributed by atoms with Crippen molar-refractivity contribution in [1.29, 1.82) is 0 Å². The number of H-pyrrole nitrogens is 2. The number of nitrogens with zero attached hydrogens (tertiary/aromatic N) is 2. The smallest absolute Gasteiger partial charge is 0.408 e. The summed E-state index contributed by atoms with van der Waals surface area (Å²) in [5.74, 6) is 3.44. The molecule has 0 unspecified atom stereocenters. The van der Waals surface area contributed by atoms with Crippen LogP contribution < -0.4 is 20.1 Å². The fourth-order valence-corrected chi connectivity index (χ4v) is 4.43. The van der Waals surface area contributed by atoms with Gasteiger partial charge in [0.1, 0.15) is 22.9 Å². The van der Waals surface area contributed by atoms with Crippen LogP contribution in [-0.4, -0.2) is 43.3 Å². The highest BCUT2D eigenvalue weighted by molar-refractivity contribution is 5.71. The number of nitrogens with one attached hydrogen (secondary N) is 4. The number of rotatable bonds is 6. The van der Waals surface area contributed by atoms with Crippen LogP contribution in [0.4, 0.5) is 9.59 Å². The SMILES string of the molecule is C[C@H](NC(=O)OC(C)(C)C)c1ncc(-c2ccc3c(c2)Oc2ccc(-c4cnc([C@H](C)NC(=O)OC(C)(C)C)[nH]4)cc2O3)[nH]1. The molecule has 2 aromatic heterocycles. The topological polar surface area (TPSA) is 152 Å². The van der Waals surface area contributed by atoms with Gasteiger partial charge in [0.15, 0.2) is 23.0 Å². The van der Waals surface area contributed by atoms with Gasteiger partial charge >= 0.3 is 12.2 Å². The molecular formula is C32H38N6O6. The molecule has 5 rings (SSSR count). The van der Waals surface area contributed by atoms with Crippen LogP contribution in [-0.2, 0) is 9.47 Å². The highest BCUT2D eigenvalue weighted by Crippen LogP contribution is 2.47. The molecule has 2 amide bonds. The van der Waals surface area contributed by atoms with Gasteiger partial charge in [-0.25, -0.2) is 19.6 Å². The molecule has 0 bridgehead atoms. The Morgan fingerprint density at radius 1 is 0.682 bits per heavy atom. The lowest BCUT2D eigenvalue weighted by atomic mass is 10.1. The molecule has 3 heterocycles. The second kappa shape index (κ2) is 11.6. The van der Waals surface area contributed by atoms with Crippen LogP contribution in [0.1, 0.15) is 79.1 Å². The largest absolute Gasteiger partial charge is 0.449 e. The number of alkyl carbamates (subject to hydrolysis) is 2. The van der Waals surface area contributed by atoms with Crippen LogP contribution in [0, 0.1) is 0 Å². The van der Waals surface area contributed by atoms with E-state index in [0.717, 1.165) is 22.5 Å².